The molecule has 1 aliphatic heterocycles. The second-order valence-electron chi connectivity index (χ2n) is 8.15. The molecule has 29 heavy (non-hydrogen) atoms. The van der Waals surface area contributed by atoms with Gasteiger partial charge in [-0.3, -0.25) is 4.90 Å². The van der Waals surface area contributed by atoms with Gasteiger partial charge < -0.3 is 10.6 Å². The van der Waals surface area contributed by atoms with Gasteiger partial charge in [0.2, 0.25) is 10.0 Å². The molecular formula is C21H35N5O2S. The van der Waals surface area contributed by atoms with Crippen LogP contribution in [0.1, 0.15) is 44.6 Å². The van der Waals surface area contributed by atoms with Gasteiger partial charge in [0, 0.05) is 45.8 Å². The Bertz CT molecular complexity index is 803. The summed E-state index contributed by atoms with van der Waals surface area (Å²) < 4.78 is 26.5. The van der Waals surface area contributed by atoms with Gasteiger partial charge >= 0.3 is 0 Å². The summed E-state index contributed by atoms with van der Waals surface area (Å²) in [5.74, 6) is 0.753. The summed E-state index contributed by atoms with van der Waals surface area (Å²) >= 11 is 0. The van der Waals surface area contributed by atoms with Gasteiger partial charge in [-0.05, 0) is 37.8 Å². The van der Waals surface area contributed by atoms with Gasteiger partial charge in [-0.1, -0.05) is 31.0 Å². The Kier molecular flexibility index (Phi) is 7.54. The Morgan fingerprint density at radius 3 is 2.62 bits per heavy atom. The molecule has 162 valence electrons. The van der Waals surface area contributed by atoms with Crippen molar-refractivity contribution in [1.82, 2.24) is 19.8 Å². The second-order valence-corrected chi connectivity index (χ2v) is 10.3. The number of guanidine groups is 1. The van der Waals surface area contributed by atoms with Gasteiger partial charge in [0.15, 0.2) is 5.96 Å². The van der Waals surface area contributed by atoms with E-state index < -0.39 is 10.0 Å². The van der Waals surface area contributed by atoms with Gasteiger partial charge in [0.1, 0.15) is 0 Å². The molecule has 0 bridgehead atoms. The van der Waals surface area contributed by atoms with Crippen LogP contribution in [0.5, 0.6) is 0 Å². The van der Waals surface area contributed by atoms with Crippen molar-refractivity contribution in [2.24, 2.45) is 4.99 Å². The number of benzene rings is 1. The topological polar surface area (TPSA) is 77.0 Å². The van der Waals surface area contributed by atoms with Gasteiger partial charge in [0.05, 0.1) is 11.4 Å². The lowest BCUT2D eigenvalue weighted by Gasteiger charge is -2.24. The number of nitrogens with one attached hydrogen (secondary N) is 2. The van der Waals surface area contributed by atoms with Gasteiger partial charge in [-0.2, -0.15) is 0 Å². The third kappa shape index (κ3) is 5.49. The molecule has 1 aromatic carbocycles. The molecule has 1 unspecified atom stereocenters. The normalized spacial score (nSPS) is 21.8. The number of likely N-dealkylation sites (tertiary alicyclic amines) is 1. The number of rotatable bonds is 7. The van der Waals surface area contributed by atoms with Crippen LogP contribution in [0.25, 0.3) is 0 Å². The third-order valence-electron chi connectivity index (χ3n) is 5.88. The molecule has 1 saturated carbocycles. The van der Waals surface area contributed by atoms with Crippen LogP contribution in [0.3, 0.4) is 0 Å². The van der Waals surface area contributed by atoms with Crippen LogP contribution in [0.15, 0.2) is 34.2 Å². The summed E-state index contributed by atoms with van der Waals surface area (Å²) in [5, 5.41) is 6.86. The van der Waals surface area contributed by atoms with Crippen molar-refractivity contribution in [1.29, 1.82) is 0 Å². The lowest BCUT2D eigenvalue weighted by Crippen LogP contribution is -2.45. The number of nitrogens with zero attached hydrogens (tertiary/aromatic N) is 3. The molecule has 1 aliphatic carbocycles. The number of aliphatic imine (C=N–C) groups is 1. The third-order valence-corrected chi connectivity index (χ3v) is 7.80. The zero-order valence-electron chi connectivity index (χ0n) is 17.9. The Labute approximate surface area is 175 Å². The number of hydrogen-bond acceptors (Lipinski definition) is 4. The molecule has 1 heterocycles. The first-order valence-electron chi connectivity index (χ1n) is 10.7. The summed E-state index contributed by atoms with van der Waals surface area (Å²) in [5.41, 5.74) is 0.706. The first kappa shape index (κ1) is 22.1. The quantitative estimate of drug-likeness (QED) is 0.520. The molecule has 1 saturated heterocycles. The monoisotopic (exact) mass is 421 g/mol. The molecule has 0 amide bonds. The van der Waals surface area contributed by atoms with Crippen LogP contribution >= 0.6 is 0 Å². The highest BCUT2D eigenvalue weighted by molar-refractivity contribution is 7.89. The van der Waals surface area contributed by atoms with Crippen LogP contribution in [-0.4, -0.2) is 69.4 Å². The highest BCUT2D eigenvalue weighted by Gasteiger charge is 2.30. The SMILES string of the molecule is CCNC(=NCc1ccccc1S(=O)(=O)N(C)C)NC1CCN(C2CCCC2)C1. The highest BCUT2D eigenvalue weighted by atomic mass is 32.2. The largest absolute Gasteiger partial charge is 0.357 e. The van der Waals surface area contributed by atoms with Gasteiger partial charge in [-0.15, -0.1) is 0 Å². The molecule has 2 aliphatic rings. The van der Waals surface area contributed by atoms with Crippen LogP contribution in [-0.2, 0) is 16.6 Å². The average molecular weight is 422 g/mol. The fraction of sp³-hybridized carbons (Fsp3) is 0.667. The minimum atomic E-state index is -3.49. The first-order valence-corrected chi connectivity index (χ1v) is 12.1. The Hall–Kier alpha value is -1.64. The van der Waals surface area contributed by atoms with E-state index in [1.807, 2.05) is 19.1 Å². The van der Waals surface area contributed by atoms with Gasteiger partial charge in [-0.25, -0.2) is 17.7 Å². The molecule has 2 fully saturated rings. The summed E-state index contributed by atoms with van der Waals surface area (Å²) in [7, 11) is -0.385. The minimum absolute atomic E-state index is 0.317. The molecule has 8 heteroatoms. The molecule has 0 radical (unpaired) electrons. The fourth-order valence-corrected chi connectivity index (χ4v) is 5.37. The summed E-state index contributed by atoms with van der Waals surface area (Å²) in [6, 6.07) is 8.23. The minimum Gasteiger partial charge on any atom is -0.357 e. The zero-order chi connectivity index (χ0) is 20.9. The van der Waals surface area contributed by atoms with Crippen molar-refractivity contribution in [2.75, 3.05) is 33.7 Å². The van der Waals surface area contributed by atoms with Crippen molar-refractivity contribution in [3.05, 3.63) is 29.8 Å². The summed E-state index contributed by atoms with van der Waals surface area (Å²) in [6.07, 6.45) is 6.50. The second kappa shape index (κ2) is 9.91. The molecule has 0 aromatic heterocycles. The molecule has 7 nitrogen and oxygen atoms in total. The molecule has 2 N–H and O–H groups in total. The Morgan fingerprint density at radius 2 is 1.93 bits per heavy atom. The van der Waals surface area contributed by atoms with Crippen LogP contribution < -0.4 is 10.6 Å². The smallest absolute Gasteiger partial charge is 0.242 e. The van der Waals surface area contributed by atoms with E-state index in [9.17, 15) is 8.42 Å². The molecule has 0 spiro atoms. The van der Waals surface area contributed by atoms with E-state index in [0.29, 0.717) is 23.0 Å². The van der Waals surface area contributed by atoms with E-state index in [1.54, 1.807) is 26.2 Å². The van der Waals surface area contributed by atoms with E-state index in [4.69, 9.17) is 4.99 Å². The molecule has 1 aromatic rings. The molecule has 3 rings (SSSR count). The van der Waals surface area contributed by atoms with Crippen molar-refractivity contribution in [3.8, 4) is 0 Å². The van der Waals surface area contributed by atoms with E-state index in [-0.39, 0.29) is 0 Å². The number of hydrogen-bond donors (Lipinski definition) is 2. The number of sulfonamides is 1. The Balaban J connectivity index is 1.67. The molecular weight excluding hydrogens is 386 g/mol. The van der Waals surface area contributed by atoms with Crippen LogP contribution in [0.4, 0.5) is 0 Å². The fourth-order valence-electron chi connectivity index (χ4n) is 4.27. The lowest BCUT2D eigenvalue weighted by atomic mass is 10.2. The lowest BCUT2D eigenvalue weighted by molar-refractivity contribution is 0.242. The van der Waals surface area contributed by atoms with Crippen LogP contribution in [0.2, 0.25) is 0 Å². The predicted molar refractivity (Wildman–Crippen MR) is 118 cm³/mol. The zero-order valence-corrected chi connectivity index (χ0v) is 18.7. The summed E-state index contributed by atoms with van der Waals surface area (Å²) in [4.78, 5) is 7.63. The molecule has 1 atom stereocenters. The van der Waals surface area contributed by atoms with Crippen molar-refractivity contribution in [2.45, 2.75) is 62.6 Å². The highest BCUT2D eigenvalue weighted by Crippen LogP contribution is 2.26. The van der Waals surface area contributed by atoms with E-state index in [1.165, 1.54) is 30.0 Å². The maximum atomic E-state index is 12.6. The average Bonchev–Trinajstić information content (AvgIpc) is 3.38. The summed E-state index contributed by atoms with van der Waals surface area (Å²) in [6.45, 7) is 5.33. The van der Waals surface area contributed by atoms with E-state index in [2.05, 4.69) is 15.5 Å². The van der Waals surface area contributed by atoms with Crippen molar-refractivity contribution in [3.63, 3.8) is 0 Å². The van der Waals surface area contributed by atoms with Crippen LogP contribution in [0, 0.1) is 0 Å². The van der Waals surface area contributed by atoms with Crippen molar-refractivity contribution < 1.29 is 8.42 Å². The maximum Gasteiger partial charge on any atom is 0.242 e. The van der Waals surface area contributed by atoms with Crippen molar-refractivity contribution >= 4 is 16.0 Å². The van der Waals surface area contributed by atoms with E-state index >= 15 is 0 Å². The predicted octanol–water partition coefficient (Wildman–Crippen LogP) is 2.01. The van der Waals surface area contributed by atoms with Gasteiger partial charge in [0.25, 0.3) is 0 Å². The first-order chi connectivity index (χ1) is 13.9. The standard InChI is InChI=1S/C21H35N5O2S/c1-4-22-21(24-18-13-14-26(16-18)19-10-6-7-11-19)23-15-17-9-5-8-12-20(17)29(27,28)25(2)3/h5,8-9,12,18-19H,4,6-7,10-11,13-16H2,1-3H3,(H2,22,23,24). The maximum absolute atomic E-state index is 12.6. The van der Waals surface area contributed by atoms with E-state index in [0.717, 1.165) is 38.1 Å². The Morgan fingerprint density at radius 1 is 1.21 bits per heavy atom.